The Balaban J connectivity index is 1.21. The second-order valence-corrected chi connectivity index (χ2v) is 8.72. The highest BCUT2D eigenvalue weighted by atomic mass is 16.4. The van der Waals surface area contributed by atoms with E-state index in [-0.39, 0.29) is 30.9 Å². The average Bonchev–Trinajstić information content (AvgIpc) is 3.52. The van der Waals surface area contributed by atoms with Crippen LogP contribution in [0.2, 0.25) is 0 Å². The van der Waals surface area contributed by atoms with Crippen molar-refractivity contribution in [1.82, 2.24) is 39.9 Å². The summed E-state index contributed by atoms with van der Waals surface area (Å²) >= 11 is 0. The Hall–Kier alpha value is -4.55. The first-order valence-corrected chi connectivity index (χ1v) is 11.1. The highest BCUT2D eigenvalue weighted by Gasteiger charge is 2.39. The minimum Gasteiger partial charge on any atom is -0.465 e. The maximum atomic E-state index is 12.9. The number of nitrogens with one attached hydrogen (secondary N) is 1. The van der Waals surface area contributed by atoms with Gasteiger partial charge in [0.25, 0.3) is 5.91 Å². The molecular formula is C22H20N8O5. The summed E-state index contributed by atoms with van der Waals surface area (Å²) < 4.78 is 3.18. The van der Waals surface area contributed by atoms with Crippen LogP contribution < -0.4 is 5.32 Å². The topological polar surface area (TPSA) is 156 Å². The molecule has 0 spiro atoms. The summed E-state index contributed by atoms with van der Waals surface area (Å²) in [6.45, 7) is 0.745. The molecule has 3 aliphatic rings. The molecule has 6 rings (SSSR count). The van der Waals surface area contributed by atoms with Crippen LogP contribution in [0.3, 0.4) is 0 Å². The van der Waals surface area contributed by atoms with Gasteiger partial charge in [0.1, 0.15) is 23.6 Å². The third kappa shape index (κ3) is 3.43. The van der Waals surface area contributed by atoms with E-state index in [0.29, 0.717) is 42.0 Å². The lowest BCUT2D eigenvalue weighted by molar-refractivity contribution is -0.136. The van der Waals surface area contributed by atoms with Gasteiger partial charge < -0.3 is 10.0 Å². The summed E-state index contributed by atoms with van der Waals surface area (Å²) in [5.74, 6) is -1.01. The van der Waals surface area contributed by atoms with Crippen LogP contribution in [0.5, 0.6) is 0 Å². The molecule has 2 N–H and O–H groups in total. The van der Waals surface area contributed by atoms with Crippen molar-refractivity contribution >= 4 is 23.8 Å². The van der Waals surface area contributed by atoms with Gasteiger partial charge in [0.2, 0.25) is 11.8 Å². The Bertz CT molecular complexity index is 1390. The maximum Gasteiger partial charge on any atom is 0.409 e. The number of aromatic nitrogens is 5. The molecule has 3 aromatic rings. The zero-order valence-electron chi connectivity index (χ0n) is 18.4. The normalized spacial score (nSPS) is 21.7. The molecule has 2 saturated heterocycles. The Kier molecular flexibility index (Phi) is 4.65. The van der Waals surface area contributed by atoms with Gasteiger partial charge in [-0.3, -0.25) is 24.6 Å². The lowest BCUT2D eigenvalue weighted by atomic mass is 10.0. The quantitative estimate of drug-likeness (QED) is 0.523. The van der Waals surface area contributed by atoms with Crippen molar-refractivity contribution in [2.24, 2.45) is 0 Å². The van der Waals surface area contributed by atoms with Crippen LogP contribution >= 0.6 is 0 Å². The fourth-order valence-electron chi connectivity index (χ4n) is 4.72. The smallest absolute Gasteiger partial charge is 0.409 e. The van der Waals surface area contributed by atoms with E-state index in [9.17, 15) is 24.3 Å². The number of hydrogen-bond donors (Lipinski definition) is 2. The largest absolute Gasteiger partial charge is 0.465 e. The van der Waals surface area contributed by atoms with Gasteiger partial charge in [0.05, 0.1) is 11.9 Å². The van der Waals surface area contributed by atoms with Gasteiger partial charge in [-0.05, 0) is 36.2 Å². The second kappa shape index (κ2) is 7.75. The third-order valence-corrected chi connectivity index (χ3v) is 6.67. The molecule has 0 bridgehead atoms. The molecule has 5 heterocycles. The van der Waals surface area contributed by atoms with Crippen molar-refractivity contribution in [2.75, 3.05) is 6.54 Å². The molecule has 2 aromatic heterocycles. The summed E-state index contributed by atoms with van der Waals surface area (Å²) in [7, 11) is 0. The van der Waals surface area contributed by atoms with E-state index in [1.165, 1.54) is 9.80 Å². The monoisotopic (exact) mass is 476 g/mol. The van der Waals surface area contributed by atoms with Crippen LogP contribution in [0.25, 0.3) is 17.1 Å². The number of carbonyl (C=O) groups is 4. The number of nitrogens with zero attached hydrogens (tertiary/aromatic N) is 7. The van der Waals surface area contributed by atoms with Crippen LogP contribution in [0.4, 0.5) is 4.79 Å². The van der Waals surface area contributed by atoms with Crippen molar-refractivity contribution in [3.63, 3.8) is 0 Å². The number of imide groups is 1. The van der Waals surface area contributed by atoms with E-state index >= 15 is 0 Å². The minimum absolute atomic E-state index is 0.203. The van der Waals surface area contributed by atoms with E-state index in [0.717, 1.165) is 5.56 Å². The molecular weight excluding hydrogens is 456 g/mol. The number of carbonyl (C=O) groups excluding carboxylic acids is 3. The van der Waals surface area contributed by atoms with Gasteiger partial charge in [-0.1, -0.05) is 5.21 Å². The van der Waals surface area contributed by atoms with E-state index in [4.69, 9.17) is 0 Å². The third-order valence-electron chi connectivity index (χ3n) is 6.67. The Labute approximate surface area is 197 Å². The number of fused-ring (bicyclic) bond motifs is 1. The Morgan fingerprint density at radius 1 is 1.11 bits per heavy atom. The fourth-order valence-corrected chi connectivity index (χ4v) is 4.72. The van der Waals surface area contributed by atoms with E-state index in [1.807, 2.05) is 6.07 Å². The van der Waals surface area contributed by atoms with Crippen LogP contribution in [-0.4, -0.2) is 76.1 Å². The zero-order chi connectivity index (χ0) is 24.3. The first kappa shape index (κ1) is 21.0. The van der Waals surface area contributed by atoms with Crippen molar-refractivity contribution < 1.29 is 24.3 Å². The fraction of sp³-hybridized carbons (Fsp3) is 0.318. The second-order valence-electron chi connectivity index (χ2n) is 8.72. The number of rotatable bonds is 4. The summed E-state index contributed by atoms with van der Waals surface area (Å²) in [6, 6.07) is 6.37. The molecule has 0 saturated carbocycles. The number of benzene rings is 1. The van der Waals surface area contributed by atoms with Gasteiger partial charge in [0, 0.05) is 37.7 Å². The van der Waals surface area contributed by atoms with E-state index < -0.39 is 18.0 Å². The van der Waals surface area contributed by atoms with E-state index in [2.05, 4.69) is 20.7 Å². The highest BCUT2D eigenvalue weighted by molar-refractivity contribution is 6.05. The Morgan fingerprint density at radius 3 is 2.71 bits per heavy atom. The molecule has 0 aliphatic carbocycles. The zero-order valence-corrected chi connectivity index (χ0v) is 18.4. The predicted octanol–water partition coefficient (Wildman–Crippen LogP) is 0.774. The lowest BCUT2D eigenvalue weighted by Crippen LogP contribution is -2.52. The maximum absolute atomic E-state index is 12.9. The van der Waals surface area contributed by atoms with Gasteiger partial charge in [-0.25, -0.2) is 14.2 Å². The van der Waals surface area contributed by atoms with Crippen molar-refractivity contribution in [3.05, 3.63) is 47.8 Å². The molecule has 13 heteroatoms. The van der Waals surface area contributed by atoms with Crippen LogP contribution in [0.15, 0.2) is 36.7 Å². The molecule has 2 unspecified atom stereocenters. The van der Waals surface area contributed by atoms with E-state index in [1.54, 1.807) is 40.0 Å². The van der Waals surface area contributed by atoms with Crippen LogP contribution in [0, 0.1) is 0 Å². The molecule has 4 amide bonds. The molecule has 2 fully saturated rings. The molecule has 3 aliphatic heterocycles. The molecule has 2 atom stereocenters. The molecule has 1 aromatic carbocycles. The number of hydrogen-bond acceptors (Lipinski definition) is 7. The van der Waals surface area contributed by atoms with Crippen molar-refractivity contribution in [3.8, 4) is 17.1 Å². The minimum atomic E-state index is -0.976. The molecule has 0 radical (unpaired) electrons. The van der Waals surface area contributed by atoms with Gasteiger partial charge in [-0.15, -0.1) is 5.10 Å². The lowest BCUT2D eigenvalue weighted by Gasteiger charge is -2.38. The SMILES string of the molecule is O=C1CCC(N2Cc3cc(-n4cc(-c5ccn(C6CCN6C(=O)O)n5)nn4)ccc3C2=O)C(=O)N1. The first-order valence-electron chi connectivity index (χ1n) is 11.1. The molecule has 13 nitrogen and oxygen atoms in total. The van der Waals surface area contributed by atoms with Crippen molar-refractivity contribution in [1.29, 1.82) is 0 Å². The first-order chi connectivity index (χ1) is 16.9. The number of piperidine rings is 1. The van der Waals surface area contributed by atoms with Crippen molar-refractivity contribution in [2.45, 2.75) is 38.0 Å². The van der Waals surface area contributed by atoms with Gasteiger partial charge >= 0.3 is 6.09 Å². The van der Waals surface area contributed by atoms with Gasteiger partial charge in [-0.2, -0.15) is 5.10 Å². The summed E-state index contributed by atoms with van der Waals surface area (Å²) in [4.78, 5) is 50.6. The molecule has 35 heavy (non-hydrogen) atoms. The average molecular weight is 476 g/mol. The van der Waals surface area contributed by atoms with Crippen LogP contribution in [-0.2, 0) is 16.1 Å². The highest BCUT2D eigenvalue weighted by Crippen LogP contribution is 2.30. The summed E-state index contributed by atoms with van der Waals surface area (Å²) in [5.41, 5.74) is 3.05. The van der Waals surface area contributed by atoms with Crippen LogP contribution in [0.1, 0.15) is 41.3 Å². The predicted molar refractivity (Wildman–Crippen MR) is 117 cm³/mol. The number of carboxylic acid groups (broad SMARTS) is 1. The number of likely N-dealkylation sites (tertiary alicyclic amines) is 1. The standard InChI is InChI=1S/C22H20N8O5/c31-18-4-3-17(20(32)23-18)28-10-12-9-13(1-2-14(12)21(28)33)30-11-16(24-26-30)15-5-8-29(25-15)19-6-7-27(19)22(34)35/h1-2,5,8-9,11,17,19H,3-4,6-7,10H2,(H,34,35)(H,23,31,32). The number of amides is 4. The molecule has 178 valence electrons. The summed E-state index contributed by atoms with van der Waals surface area (Å²) in [5, 5.41) is 24.4. The summed E-state index contributed by atoms with van der Waals surface area (Å²) in [6.07, 6.45) is 3.34. The van der Waals surface area contributed by atoms with Gasteiger partial charge in [0.15, 0.2) is 0 Å². The Morgan fingerprint density at radius 2 is 1.97 bits per heavy atom.